The van der Waals surface area contributed by atoms with Crippen molar-refractivity contribution in [3.8, 4) is 0 Å². The van der Waals surface area contributed by atoms with E-state index in [-0.39, 0.29) is 17.7 Å². The molecule has 0 unspecified atom stereocenters. The molecule has 2 aromatic rings. The fourth-order valence-electron chi connectivity index (χ4n) is 2.33. The van der Waals surface area contributed by atoms with Crippen molar-refractivity contribution in [3.05, 3.63) is 52.2 Å². The average molecular weight is 328 g/mol. The monoisotopic (exact) mass is 328 g/mol. The fraction of sp³-hybridized carbons (Fsp3) is 0.333. The molecule has 120 valence electrons. The van der Waals surface area contributed by atoms with Crippen LogP contribution in [0, 0.1) is 5.92 Å². The van der Waals surface area contributed by atoms with Crippen LogP contribution in [0.4, 0.5) is 5.69 Å². The highest BCUT2D eigenvalue weighted by molar-refractivity contribution is 7.07. The molecule has 0 atom stereocenters. The van der Waals surface area contributed by atoms with Gasteiger partial charge in [0.05, 0.1) is 0 Å². The molecule has 1 fully saturated rings. The summed E-state index contributed by atoms with van der Waals surface area (Å²) in [6.45, 7) is 0.482. The summed E-state index contributed by atoms with van der Waals surface area (Å²) < 4.78 is 0. The third-order valence-corrected chi connectivity index (χ3v) is 4.59. The van der Waals surface area contributed by atoms with Crippen LogP contribution in [0.2, 0.25) is 0 Å². The van der Waals surface area contributed by atoms with Gasteiger partial charge in [-0.15, -0.1) is 0 Å². The van der Waals surface area contributed by atoms with Gasteiger partial charge >= 0.3 is 0 Å². The van der Waals surface area contributed by atoms with Gasteiger partial charge in [-0.3, -0.25) is 9.59 Å². The normalized spacial score (nSPS) is 13.6. The minimum atomic E-state index is 0.0450. The van der Waals surface area contributed by atoms with Crippen LogP contribution in [-0.2, 0) is 22.6 Å². The molecule has 1 aromatic carbocycles. The van der Waals surface area contributed by atoms with Crippen molar-refractivity contribution in [3.63, 3.8) is 0 Å². The Labute approximate surface area is 139 Å². The van der Waals surface area contributed by atoms with Gasteiger partial charge in [-0.05, 0) is 59.3 Å². The van der Waals surface area contributed by atoms with Gasteiger partial charge in [0, 0.05) is 24.6 Å². The molecule has 5 heteroatoms. The molecule has 0 radical (unpaired) electrons. The zero-order valence-corrected chi connectivity index (χ0v) is 13.7. The lowest BCUT2D eigenvalue weighted by Crippen LogP contribution is -2.23. The third-order valence-electron chi connectivity index (χ3n) is 3.85. The number of amides is 2. The van der Waals surface area contributed by atoms with Crippen LogP contribution < -0.4 is 10.6 Å². The summed E-state index contributed by atoms with van der Waals surface area (Å²) in [6, 6.07) is 9.69. The summed E-state index contributed by atoms with van der Waals surface area (Å²) in [5, 5.41) is 9.95. The Kier molecular flexibility index (Phi) is 5.08. The third kappa shape index (κ3) is 4.93. The minimum absolute atomic E-state index is 0.0450. The zero-order chi connectivity index (χ0) is 16.1. The Morgan fingerprint density at radius 1 is 1.17 bits per heavy atom. The van der Waals surface area contributed by atoms with E-state index in [1.165, 1.54) is 5.56 Å². The number of nitrogens with one attached hydrogen (secondary N) is 2. The summed E-state index contributed by atoms with van der Waals surface area (Å²) in [7, 11) is 0. The summed E-state index contributed by atoms with van der Waals surface area (Å²) in [6.07, 6.45) is 3.25. The maximum absolute atomic E-state index is 11.9. The molecule has 3 rings (SSSR count). The van der Waals surface area contributed by atoms with Crippen molar-refractivity contribution in [2.45, 2.75) is 32.2 Å². The highest BCUT2D eigenvalue weighted by atomic mass is 32.1. The lowest BCUT2D eigenvalue weighted by molar-refractivity contribution is -0.121. The smallest absolute Gasteiger partial charge is 0.227 e. The second-order valence-corrected chi connectivity index (χ2v) is 6.65. The van der Waals surface area contributed by atoms with E-state index >= 15 is 0 Å². The van der Waals surface area contributed by atoms with E-state index in [2.05, 4.69) is 16.0 Å². The Morgan fingerprint density at radius 2 is 2.04 bits per heavy atom. The predicted molar refractivity (Wildman–Crippen MR) is 92.3 cm³/mol. The van der Waals surface area contributed by atoms with Crippen molar-refractivity contribution in [1.82, 2.24) is 5.32 Å². The van der Waals surface area contributed by atoms with Gasteiger partial charge < -0.3 is 10.6 Å². The molecule has 4 nitrogen and oxygen atoms in total. The lowest BCUT2D eigenvalue weighted by Gasteiger charge is -2.08. The predicted octanol–water partition coefficient (Wildman–Crippen LogP) is 3.35. The molecule has 0 spiro atoms. The molecule has 1 aliphatic carbocycles. The van der Waals surface area contributed by atoms with Crippen LogP contribution >= 0.6 is 11.3 Å². The Balaban J connectivity index is 1.45. The fourth-order valence-corrected chi connectivity index (χ4v) is 3.03. The van der Waals surface area contributed by atoms with Crippen LogP contribution in [0.5, 0.6) is 0 Å². The molecule has 2 amide bonds. The van der Waals surface area contributed by atoms with Gasteiger partial charge in [-0.2, -0.15) is 11.3 Å². The van der Waals surface area contributed by atoms with Crippen LogP contribution in [0.15, 0.2) is 41.1 Å². The second kappa shape index (κ2) is 7.42. The molecule has 0 saturated heterocycles. The molecular formula is C18H20N2O2S. The van der Waals surface area contributed by atoms with Crippen molar-refractivity contribution in [2.75, 3.05) is 5.32 Å². The van der Waals surface area contributed by atoms with Gasteiger partial charge in [0.1, 0.15) is 0 Å². The number of rotatable bonds is 7. The van der Waals surface area contributed by atoms with Gasteiger partial charge in [-0.25, -0.2) is 0 Å². The Hall–Kier alpha value is -2.14. The molecule has 1 aromatic heterocycles. The van der Waals surface area contributed by atoms with Crippen LogP contribution in [-0.4, -0.2) is 11.8 Å². The van der Waals surface area contributed by atoms with Gasteiger partial charge in [-0.1, -0.05) is 12.1 Å². The first-order valence-electron chi connectivity index (χ1n) is 7.88. The van der Waals surface area contributed by atoms with E-state index < -0.39 is 0 Å². The molecule has 0 aliphatic heterocycles. The summed E-state index contributed by atoms with van der Waals surface area (Å²) >= 11 is 1.65. The number of carbonyl (C=O) groups is 2. The van der Waals surface area contributed by atoms with Crippen molar-refractivity contribution >= 4 is 28.8 Å². The van der Waals surface area contributed by atoms with E-state index in [9.17, 15) is 9.59 Å². The SMILES string of the molecule is O=C(CCc1ccsc1)NCc1cccc(NC(=O)C2CC2)c1. The van der Waals surface area contributed by atoms with E-state index in [1.54, 1.807) is 11.3 Å². The standard InChI is InChI=1S/C18H20N2O2S/c21-17(7-4-13-8-9-23-12-13)19-11-14-2-1-3-16(10-14)20-18(22)15-5-6-15/h1-3,8-10,12,15H,4-7,11H2,(H,19,21)(H,20,22). The molecule has 2 N–H and O–H groups in total. The minimum Gasteiger partial charge on any atom is -0.352 e. The van der Waals surface area contributed by atoms with Gasteiger partial charge in [0.15, 0.2) is 0 Å². The lowest BCUT2D eigenvalue weighted by atomic mass is 10.1. The Bertz CT molecular complexity index is 678. The summed E-state index contributed by atoms with van der Waals surface area (Å²) in [4.78, 5) is 23.7. The van der Waals surface area contributed by atoms with Gasteiger partial charge in [0.2, 0.25) is 11.8 Å². The number of hydrogen-bond acceptors (Lipinski definition) is 3. The van der Waals surface area contributed by atoms with E-state index in [0.717, 1.165) is 30.5 Å². The quantitative estimate of drug-likeness (QED) is 0.819. The first kappa shape index (κ1) is 15.7. The molecular weight excluding hydrogens is 308 g/mol. The van der Waals surface area contributed by atoms with Gasteiger partial charge in [0.25, 0.3) is 0 Å². The molecule has 23 heavy (non-hydrogen) atoms. The maximum atomic E-state index is 11.9. The second-order valence-electron chi connectivity index (χ2n) is 5.87. The largest absolute Gasteiger partial charge is 0.352 e. The van der Waals surface area contributed by atoms with Crippen LogP contribution in [0.25, 0.3) is 0 Å². The average Bonchev–Trinajstić information content (AvgIpc) is 3.28. The number of anilines is 1. The number of hydrogen-bond donors (Lipinski definition) is 2. The van der Waals surface area contributed by atoms with E-state index in [1.807, 2.05) is 35.7 Å². The maximum Gasteiger partial charge on any atom is 0.227 e. The zero-order valence-electron chi connectivity index (χ0n) is 12.9. The number of benzene rings is 1. The molecule has 1 heterocycles. The van der Waals surface area contributed by atoms with Crippen molar-refractivity contribution in [2.24, 2.45) is 5.92 Å². The van der Waals surface area contributed by atoms with Crippen LogP contribution in [0.3, 0.4) is 0 Å². The molecule has 1 aliphatic rings. The first-order valence-corrected chi connectivity index (χ1v) is 8.82. The molecule has 0 bridgehead atoms. The van der Waals surface area contributed by atoms with Crippen LogP contribution in [0.1, 0.15) is 30.4 Å². The first-order chi connectivity index (χ1) is 11.2. The molecule has 1 saturated carbocycles. The highest BCUT2D eigenvalue weighted by Crippen LogP contribution is 2.30. The topological polar surface area (TPSA) is 58.2 Å². The Morgan fingerprint density at radius 3 is 2.78 bits per heavy atom. The number of aryl methyl sites for hydroxylation is 1. The number of thiophene rings is 1. The van der Waals surface area contributed by atoms with E-state index in [0.29, 0.717) is 13.0 Å². The van der Waals surface area contributed by atoms with Crippen molar-refractivity contribution < 1.29 is 9.59 Å². The summed E-state index contributed by atoms with van der Waals surface area (Å²) in [5.41, 5.74) is 2.99. The number of carbonyl (C=O) groups excluding carboxylic acids is 2. The highest BCUT2D eigenvalue weighted by Gasteiger charge is 2.29. The van der Waals surface area contributed by atoms with Crippen molar-refractivity contribution in [1.29, 1.82) is 0 Å². The van der Waals surface area contributed by atoms with E-state index in [4.69, 9.17) is 0 Å². The summed E-state index contributed by atoms with van der Waals surface area (Å²) in [5.74, 6) is 0.334.